The van der Waals surface area contributed by atoms with E-state index >= 15 is 0 Å². The zero-order chi connectivity index (χ0) is 12.0. The van der Waals surface area contributed by atoms with Crippen molar-refractivity contribution in [3.05, 3.63) is 23.8 Å². The second-order valence-electron chi connectivity index (χ2n) is 4.46. The molecule has 3 nitrogen and oxygen atoms in total. The van der Waals surface area contributed by atoms with Gasteiger partial charge in [0.15, 0.2) is 0 Å². The van der Waals surface area contributed by atoms with E-state index in [0.29, 0.717) is 6.04 Å². The Morgan fingerprint density at radius 3 is 2.56 bits per heavy atom. The Hall–Kier alpha value is -0.960. The summed E-state index contributed by atoms with van der Waals surface area (Å²) in [7, 11) is 0. The minimum absolute atomic E-state index is 0.278. The van der Waals surface area contributed by atoms with Gasteiger partial charge in [0.05, 0.1) is 11.4 Å². The molecule has 16 heavy (non-hydrogen) atoms. The number of aromatic nitrogens is 2. The average Bonchev–Trinajstić information content (AvgIpc) is 2.26. The van der Waals surface area contributed by atoms with E-state index in [2.05, 4.69) is 36.1 Å². The predicted octanol–water partition coefficient (Wildman–Crippen LogP) is 3.01. The summed E-state index contributed by atoms with van der Waals surface area (Å²) >= 11 is 0. The summed E-state index contributed by atoms with van der Waals surface area (Å²) in [5, 5.41) is 3.57. The Bertz CT molecular complexity index is 312. The van der Waals surface area contributed by atoms with Gasteiger partial charge >= 0.3 is 0 Å². The topological polar surface area (TPSA) is 37.8 Å². The van der Waals surface area contributed by atoms with Crippen molar-refractivity contribution in [2.24, 2.45) is 0 Å². The fourth-order valence-corrected chi connectivity index (χ4v) is 1.94. The molecule has 90 valence electrons. The van der Waals surface area contributed by atoms with E-state index in [1.54, 1.807) is 12.4 Å². The van der Waals surface area contributed by atoms with Crippen LogP contribution in [0.5, 0.6) is 0 Å². The maximum Gasteiger partial charge on any atom is 0.0782 e. The Balaban J connectivity index is 2.52. The van der Waals surface area contributed by atoms with Crippen molar-refractivity contribution in [2.75, 3.05) is 0 Å². The molecule has 1 heterocycles. The molecule has 0 fully saturated rings. The van der Waals surface area contributed by atoms with Crippen molar-refractivity contribution in [3.8, 4) is 0 Å². The van der Waals surface area contributed by atoms with Crippen LogP contribution in [0.15, 0.2) is 12.4 Å². The van der Waals surface area contributed by atoms with Gasteiger partial charge in [0.2, 0.25) is 0 Å². The van der Waals surface area contributed by atoms with E-state index in [1.807, 2.05) is 6.92 Å². The number of unbranched alkanes of at least 4 members (excludes halogenated alkanes) is 1. The summed E-state index contributed by atoms with van der Waals surface area (Å²) < 4.78 is 0. The minimum atomic E-state index is 0.278. The monoisotopic (exact) mass is 221 g/mol. The van der Waals surface area contributed by atoms with E-state index < -0.39 is 0 Å². The molecule has 0 radical (unpaired) electrons. The molecule has 0 amide bonds. The van der Waals surface area contributed by atoms with Gasteiger partial charge in [0.1, 0.15) is 0 Å². The van der Waals surface area contributed by atoms with Crippen LogP contribution in [0.3, 0.4) is 0 Å². The fraction of sp³-hybridized carbons (Fsp3) is 0.692. The molecule has 0 aliphatic heterocycles. The van der Waals surface area contributed by atoms with Crippen LogP contribution in [-0.2, 0) is 0 Å². The largest absolute Gasteiger partial charge is 0.306 e. The molecule has 2 atom stereocenters. The maximum atomic E-state index is 4.39. The van der Waals surface area contributed by atoms with E-state index in [-0.39, 0.29) is 6.04 Å². The van der Waals surface area contributed by atoms with Crippen molar-refractivity contribution < 1.29 is 0 Å². The number of aryl methyl sites for hydroxylation is 1. The molecule has 0 spiro atoms. The molecule has 0 aliphatic rings. The van der Waals surface area contributed by atoms with E-state index in [9.17, 15) is 0 Å². The summed E-state index contributed by atoms with van der Waals surface area (Å²) in [5.74, 6) is 0. The average molecular weight is 221 g/mol. The first-order valence-corrected chi connectivity index (χ1v) is 6.18. The Kier molecular flexibility index (Phi) is 5.39. The van der Waals surface area contributed by atoms with Crippen LogP contribution in [0.4, 0.5) is 0 Å². The van der Waals surface area contributed by atoms with Crippen LogP contribution in [0.25, 0.3) is 0 Å². The van der Waals surface area contributed by atoms with Crippen LogP contribution in [-0.4, -0.2) is 16.0 Å². The molecule has 0 bridgehead atoms. The van der Waals surface area contributed by atoms with Gasteiger partial charge in [-0.3, -0.25) is 9.97 Å². The molecule has 0 saturated heterocycles. The lowest BCUT2D eigenvalue weighted by atomic mass is 10.1. The van der Waals surface area contributed by atoms with Gasteiger partial charge in [-0.15, -0.1) is 0 Å². The lowest BCUT2D eigenvalue weighted by Crippen LogP contribution is -2.29. The highest BCUT2D eigenvalue weighted by atomic mass is 15.0. The standard InChI is InChI=1S/C13H23N3/c1-5-6-7-10(2)16-12(4)13-11(3)14-8-9-15-13/h8-10,12,16H,5-7H2,1-4H3. The first-order chi connectivity index (χ1) is 7.65. The zero-order valence-electron chi connectivity index (χ0n) is 10.8. The molecular formula is C13H23N3. The van der Waals surface area contributed by atoms with Gasteiger partial charge < -0.3 is 5.32 Å². The number of hydrogen-bond acceptors (Lipinski definition) is 3. The molecule has 1 aromatic heterocycles. The van der Waals surface area contributed by atoms with Crippen molar-refractivity contribution in [1.29, 1.82) is 0 Å². The molecule has 3 heteroatoms. The molecule has 1 aromatic rings. The Morgan fingerprint density at radius 1 is 1.25 bits per heavy atom. The summed E-state index contributed by atoms with van der Waals surface area (Å²) in [6.45, 7) is 8.62. The Morgan fingerprint density at radius 2 is 1.94 bits per heavy atom. The molecule has 2 unspecified atom stereocenters. The smallest absolute Gasteiger partial charge is 0.0782 e. The van der Waals surface area contributed by atoms with E-state index in [1.165, 1.54) is 19.3 Å². The van der Waals surface area contributed by atoms with Gasteiger partial charge in [-0.1, -0.05) is 19.8 Å². The quantitative estimate of drug-likeness (QED) is 0.802. The molecule has 0 saturated carbocycles. The third kappa shape index (κ3) is 3.89. The molecule has 1 N–H and O–H groups in total. The van der Waals surface area contributed by atoms with Gasteiger partial charge in [0, 0.05) is 24.5 Å². The van der Waals surface area contributed by atoms with Crippen molar-refractivity contribution in [1.82, 2.24) is 15.3 Å². The molecular weight excluding hydrogens is 198 g/mol. The summed E-state index contributed by atoms with van der Waals surface area (Å²) in [6.07, 6.45) is 7.26. The van der Waals surface area contributed by atoms with Crippen LogP contribution < -0.4 is 5.32 Å². The lowest BCUT2D eigenvalue weighted by Gasteiger charge is -2.20. The second kappa shape index (κ2) is 6.59. The van der Waals surface area contributed by atoms with Crippen LogP contribution >= 0.6 is 0 Å². The third-order valence-corrected chi connectivity index (χ3v) is 2.85. The highest BCUT2D eigenvalue weighted by Crippen LogP contribution is 2.13. The van der Waals surface area contributed by atoms with Crippen LogP contribution in [0.1, 0.15) is 57.5 Å². The van der Waals surface area contributed by atoms with Crippen molar-refractivity contribution in [2.45, 2.75) is 59.0 Å². The minimum Gasteiger partial charge on any atom is -0.306 e. The van der Waals surface area contributed by atoms with Gasteiger partial charge in [-0.25, -0.2) is 0 Å². The maximum absolute atomic E-state index is 4.39. The van der Waals surface area contributed by atoms with Gasteiger partial charge in [0.25, 0.3) is 0 Å². The molecule has 0 aromatic carbocycles. The normalized spacial score (nSPS) is 14.8. The number of nitrogens with zero attached hydrogens (tertiary/aromatic N) is 2. The SMILES string of the molecule is CCCCC(C)NC(C)c1nccnc1C. The zero-order valence-corrected chi connectivity index (χ0v) is 10.8. The summed E-state index contributed by atoms with van der Waals surface area (Å²) in [4.78, 5) is 8.65. The fourth-order valence-electron chi connectivity index (χ4n) is 1.94. The highest BCUT2D eigenvalue weighted by molar-refractivity contribution is 5.12. The van der Waals surface area contributed by atoms with Crippen LogP contribution in [0.2, 0.25) is 0 Å². The summed E-state index contributed by atoms with van der Waals surface area (Å²) in [5.41, 5.74) is 2.08. The van der Waals surface area contributed by atoms with E-state index in [0.717, 1.165) is 11.4 Å². The van der Waals surface area contributed by atoms with Crippen molar-refractivity contribution in [3.63, 3.8) is 0 Å². The lowest BCUT2D eigenvalue weighted by molar-refractivity contribution is 0.437. The number of nitrogens with one attached hydrogen (secondary N) is 1. The van der Waals surface area contributed by atoms with Gasteiger partial charge in [-0.05, 0) is 27.2 Å². The molecule has 0 aliphatic carbocycles. The predicted molar refractivity (Wildman–Crippen MR) is 67.3 cm³/mol. The first-order valence-electron chi connectivity index (χ1n) is 6.18. The van der Waals surface area contributed by atoms with Crippen molar-refractivity contribution >= 4 is 0 Å². The third-order valence-electron chi connectivity index (χ3n) is 2.85. The first kappa shape index (κ1) is 13.1. The van der Waals surface area contributed by atoms with Crippen LogP contribution in [0, 0.1) is 6.92 Å². The second-order valence-corrected chi connectivity index (χ2v) is 4.46. The summed E-state index contributed by atoms with van der Waals surface area (Å²) in [6, 6.07) is 0.817. The highest BCUT2D eigenvalue weighted by Gasteiger charge is 2.12. The molecule has 1 rings (SSSR count). The van der Waals surface area contributed by atoms with E-state index in [4.69, 9.17) is 0 Å². The van der Waals surface area contributed by atoms with Gasteiger partial charge in [-0.2, -0.15) is 0 Å². The number of rotatable bonds is 6. The number of hydrogen-bond donors (Lipinski definition) is 1. The Labute approximate surface area is 98.7 Å².